The van der Waals surface area contributed by atoms with Gasteiger partial charge in [0.25, 0.3) is 0 Å². The van der Waals surface area contributed by atoms with E-state index in [9.17, 15) is 4.79 Å². The van der Waals surface area contributed by atoms with Gasteiger partial charge >= 0.3 is 5.97 Å². The van der Waals surface area contributed by atoms with Crippen molar-refractivity contribution in [1.29, 1.82) is 0 Å². The SMILES string of the molecule is CC/C(C)=C/C(=O)O[Si](C)(C)C. The molecule has 0 bridgehead atoms. The lowest BCUT2D eigenvalue weighted by Gasteiger charge is -2.15. The van der Waals surface area contributed by atoms with Crippen LogP contribution in [-0.2, 0) is 9.22 Å². The minimum Gasteiger partial charge on any atom is -0.517 e. The largest absolute Gasteiger partial charge is 0.517 e. The van der Waals surface area contributed by atoms with E-state index >= 15 is 0 Å². The Bertz CT molecular complexity index is 189. The second-order valence-corrected chi connectivity index (χ2v) is 8.31. The minimum absolute atomic E-state index is 0.187. The zero-order valence-electron chi connectivity index (χ0n) is 8.60. The van der Waals surface area contributed by atoms with E-state index in [1.165, 1.54) is 0 Å². The summed E-state index contributed by atoms with van der Waals surface area (Å²) in [6.07, 6.45) is 2.49. The first-order chi connectivity index (χ1) is 5.35. The van der Waals surface area contributed by atoms with Crippen LogP contribution in [0.2, 0.25) is 19.6 Å². The maximum absolute atomic E-state index is 11.2. The predicted molar refractivity (Wildman–Crippen MR) is 53.5 cm³/mol. The summed E-state index contributed by atoms with van der Waals surface area (Å²) in [6.45, 7) is 9.96. The fourth-order valence-electron chi connectivity index (χ4n) is 0.634. The number of hydrogen-bond donors (Lipinski definition) is 0. The molecule has 0 atom stereocenters. The van der Waals surface area contributed by atoms with Gasteiger partial charge in [0.2, 0.25) is 8.32 Å². The lowest BCUT2D eigenvalue weighted by atomic mass is 10.2. The van der Waals surface area contributed by atoms with Crippen molar-refractivity contribution in [2.75, 3.05) is 0 Å². The fourth-order valence-corrected chi connectivity index (χ4v) is 1.30. The van der Waals surface area contributed by atoms with Crippen molar-refractivity contribution >= 4 is 14.3 Å². The second-order valence-electron chi connectivity index (χ2n) is 3.88. The van der Waals surface area contributed by atoms with Crippen LogP contribution >= 0.6 is 0 Å². The van der Waals surface area contributed by atoms with Gasteiger partial charge < -0.3 is 4.43 Å². The van der Waals surface area contributed by atoms with Crippen molar-refractivity contribution in [3.8, 4) is 0 Å². The first kappa shape index (κ1) is 11.4. The lowest BCUT2D eigenvalue weighted by molar-refractivity contribution is -0.129. The predicted octanol–water partition coefficient (Wildman–Crippen LogP) is 2.72. The molecule has 0 aromatic rings. The molecule has 0 N–H and O–H groups in total. The van der Waals surface area contributed by atoms with Gasteiger partial charge in [0.05, 0.1) is 0 Å². The molecule has 0 unspecified atom stereocenters. The smallest absolute Gasteiger partial charge is 0.317 e. The van der Waals surface area contributed by atoms with Gasteiger partial charge in [-0.2, -0.15) is 0 Å². The molecule has 70 valence electrons. The Hall–Kier alpha value is -0.573. The quantitative estimate of drug-likeness (QED) is 0.500. The molecule has 0 rings (SSSR count). The van der Waals surface area contributed by atoms with Crippen LogP contribution in [0.15, 0.2) is 11.6 Å². The standard InChI is InChI=1S/C9H18O2Si/c1-6-8(2)7-9(10)11-12(3,4)5/h7H,6H2,1-5H3/b8-7+. The molecule has 0 saturated carbocycles. The van der Waals surface area contributed by atoms with Crippen molar-refractivity contribution in [3.63, 3.8) is 0 Å². The molecule has 0 aromatic carbocycles. The summed E-state index contributed by atoms with van der Waals surface area (Å²) >= 11 is 0. The van der Waals surface area contributed by atoms with Crippen molar-refractivity contribution < 1.29 is 9.22 Å². The summed E-state index contributed by atoms with van der Waals surface area (Å²) < 4.78 is 5.23. The van der Waals surface area contributed by atoms with Crippen LogP contribution in [0.25, 0.3) is 0 Å². The molecule has 0 aliphatic carbocycles. The molecule has 0 aromatic heterocycles. The van der Waals surface area contributed by atoms with Crippen molar-refractivity contribution in [3.05, 3.63) is 11.6 Å². The topological polar surface area (TPSA) is 26.3 Å². The highest BCUT2D eigenvalue weighted by molar-refractivity contribution is 6.71. The Kier molecular flexibility index (Phi) is 4.24. The van der Waals surface area contributed by atoms with E-state index in [4.69, 9.17) is 4.43 Å². The molecule has 0 heterocycles. The van der Waals surface area contributed by atoms with Gasteiger partial charge in [-0.25, -0.2) is 4.79 Å². The molecule has 0 radical (unpaired) electrons. The van der Waals surface area contributed by atoms with Gasteiger partial charge in [-0.3, -0.25) is 0 Å². The lowest BCUT2D eigenvalue weighted by Crippen LogP contribution is -2.28. The Labute approximate surface area is 75.7 Å². The minimum atomic E-state index is -1.69. The van der Waals surface area contributed by atoms with Gasteiger partial charge in [0.15, 0.2) is 0 Å². The summed E-state index contributed by atoms with van der Waals surface area (Å²) in [5.74, 6) is -0.187. The number of hydrogen-bond acceptors (Lipinski definition) is 2. The molecule has 0 saturated heterocycles. The Balaban J connectivity index is 4.08. The van der Waals surface area contributed by atoms with Gasteiger partial charge in [-0.15, -0.1) is 0 Å². The van der Waals surface area contributed by atoms with Crippen LogP contribution in [0.1, 0.15) is 20.3 Å². The highest BCUT2D eigenvalue weighted by Crippen LogP contribution is 2.05. The number of rotatable bonds is 3. The average molecular weight is 186 g/mol. The van der Waals surface area contributed by atoms with E-state index in [0.29, 0.717) is 0 Å². The number of allylic oxidation sites excluding steroid dienone is 1. The van der Waals surface area contributed by atoms with Gasteiger partial charge in [0.1, 0.15) is 0 Å². The maximum Gasteiger partial charge on any atom is 0.317 e. The molecule has 2 nitrogen and oxygen atoms in total. The van der Waals surface area contributed by atoms with Crippen molar-refractivity contribution in [1.82, 2.24) is 0 Å². The molecule has 0 spiro atoms. The molecular weight excluding hydrogens is 168 g/mol. The van der Waals surface area contributed by atoms with Crippen molar-refractivity contribution in [2.24, 2.45) is 0 Å². The van der Waals surface area contributed by atoms with E-state index in [1.54, 1.807) is 6.08 Å². The first-order valence-electron chi connectivity index (χ1n) is 4.25. The van der Waals surface area contributed by atoms with Gasteiger partial charge in [0, 0.05) is 6.08 Å². The zero-order valence-corrected chi connectivity index (χ0v) is 9.60. The van der Waals surface area contributed by atoms with E-state index in [1.807, 2.05) is 33.5 Å². The zero-order chi connectivity index (χ0) is 9.78. The average Bonchev–Trinajstić information content (AvgIpc) is 1.82. The number of carbonyl (C=O) groups is 1. The molecule has 0 amide bonds. The molecule has 0 fully saturated rings. The van der Waals surface area contributed by atoms with E-state index in [2.05, 4.69) is 0 Å². The van der Waals surface area contributed by atoms with Crippen molar-refractivity contribution in [2.45, 2.75) is 39.9 Å². The van der Waals surface area contributed by atoms with Crippen LogP contribution in [0.5, 0.6) is 0 Å². The summed E-state index contributed by atoms with van der Waals surface area (Å²) in [7, 11) is -1.69. The maximum atomic E-state index is 11.2. The highest BCUT2D eigenvalue weighted by Gasteiger charge is 2.18. The fraction of sp³-hybridized carbons (Fsp3) is 0.667. The molecular formula is C9H18O2Si. The van der Waals surface area contributed by atoms with Gasteiger partial charge in [-0.1, -0.05) is 12.5 Å². The monoisotopic (exact) mass is 186 g/mol. The van der Waals surface area contributed by atoms with E-state index in [-0.39, 0.29) is 5.97 Å². The normalized spacial score (nSPS) is 12.9. The highest BCUT2D eigenvalue weighted by atomic mass is 28.4. The molecule has 3 heteroatoms. The van der Waals surface area contributed by atoms with Crippen LogP contribution in [0.4, 0.5) is 0 Å². The summed E-state index contributed by atoms with van der Waals surface area (Å²) in [6, 6.07) is 0. The molecule has 0 aliphatic rings. The number of carbonyl (C=O) groups excluding carboxylic acids is 1. The Morgan fingerprint density at radius 2 is 1.92 bits per heavy atom. The summed E-state index contributed by atoms with van der Waals surface area (Å²) in [4.78, 5) is 11.2. The third-order valence-corrected chi connectivity index (χ3v) is 2.14. The second kappa shape index (κ2) is 4.45. The van der Waals surface area contributed by atoms with E-state index < -0.39 is 8.32 Å². The van der Waals surface area contributed by atoms with Crippen LogP contribution in [0.3, 0.4) is 0 Å². The van der Waals surface area contributed by atoms with Crippen LogP contribution in [0, 0.1) is 0 Å². The first-order valence-corrected chi connectivity index (χ1v) is 7.66. The Morgan fingerprint density at radius 3 is 2.25 bits per heavy atom. The third-order valence-electron chi connectivity index (χ3n) is 1.33. The summed E-state index contributed by atoms with van der Waals surface area (Å²) in [5, 5.41) is 0. The Morgan fingerprint density at radius 1 is 1.42 bits per heavy atom. The van der Waals surface area contributed by atoms with Crippen LogP contribution in [-0.4, -0.2) is 14.3 Å². The summed E-state index contributed by atoms with van der Waals surface area (Å²) in [5.41, 5.74) is 1.07. The van der Waals surface area contributed by atoms with Crippen LogP contribution < -0.4 is 0 Å². The molecule has 12 heavy (non-hydrogen) atoms. The van der Waals surface area contributed by atoms with E-state index in [0.717, 1.165) is 12.0 Å². The third kappa shape index (κ3) is 6.16. The molecule has 0 aliphatic heterocycles. The van der Waals surface area contributed by atoms with Gasteiger partial charge in [-0.05, 0) is 33.0 Å².